The summed E-state index contributed by atoms with van der Waals surface area (Å²) >= 11 is 1.64. The molecule has 2 aromatic heterocycles. The summed E-state index contributed by atoms with van der Waals surface area (Å²) in [6.07, 6.45) is 0. The van der Waals surface area contributed by atoms with Crippen LogP contribution in [-0.4, -0.2) is 11.6 Å². The van der Waals surface area contributed by atoms with E-state index in [1.165, 1.54) is 4.70 Å². The van der Waals surface area contributed by atoms with Crippen LogP contribution in [0.4, 0.5) is 0 Å². The van der Waals surface area contributed by atoms with Gasteiger partial charge in [0.1, 0.15) is 5.76 Å². The summed E-state index contributed by atoms with van der Waals surface area (Å²) in [4.78, 5) is 9.64. The number of hydrogen-bond donors (Lipinski definition) is 1. The van der Waals surface area contributed by atoms with Crippen molar-refractivity contribution in [2.45, 2.75) is 13.5 Å². The number of benzene rings is 1. The van der Waals surface area contributed by atoms with E-state index in [-0.39, 0.29) is 0 Å². The minimum atomic E-state index is 0.554. The third-order valence-electron chi connectivity index (χ3n) is 2.66. The van der Waals surface area contributed by atoms with Crippen molar-refractivity contribution in [3.05, 3.63) is 42.2 Å². The van der Waals surface area contributed by atoms with Crippen molar-refractivity contribution >= 4 is 21.6 Å². The van der Waals surface area contributed by atoms with Gasteiger partial charge in [0.15, 0.2) is 10.8 Å². The normalized spacial score (nSPS) is 11.2. The van der Waals surface area contributed by atoms with Gasteiger partial charge in [-0.2, -0.15) is 5.48 Å². The van der Waals surface area contributed by atoms with Gasteiger partial charge in [0.2, 0.25) is 0 Å². The Balaban J connectivity index is 1.81. The summed E-state index contributed by atoms with van der Waals surface area (Å²) in [6, 6.07) is 12.0. The Morgan fingerprint density at radius 2 is 2.16 bits per heavy atom. The van der Waals surface area contributed by atoms with E-state index in [1.807, 2.05) is 37.3 Å². The highest BCUT2D eigenvalue weighted by molar-refractivity contribution is 7.21. The zero-order valence-electron chi connectivity index (χ0n) is 10.6. The summed E-state index contributed by atoms with van der Waals surface area (Å²) in [5.41, 5.74) is 3.84. The number of fused-ring (bicyclic) bond motifs is 1. The van der Waals surface area contributed by atoms with E-state index in [4.69, 9.17) is 9.25 Å². The van der Waals surface area contributed by atoms with Crippen LogP contribution in [0.5, 0.6) is 0 Å². The molecular weight excluding hydrogens is 260 g/mol. The van der Waals surface area contributed by atoms with Gasteiger partial charge in [0.25, 0.3) is 0 Å². The second-order valence-electron chi connectivity index (χ2n) is 4.01. The average Bonchev–Trinajstić information content (AvgIpc) is 3.04. The molecule has 0 saturated heterocycles. The highest BCUT2D eigenvalue weighted by Gasteiger charge is 2.10. The molecule has 3 rings (SSSR count). The molecule has 98 valence electrons. The lowest BCUT2D eigenvalue weighted by molar-refractivity contribution is 0.0427. The number of thiazole rings is 1. The van der Waals surface area contributed by atoms with Crippen LogP contribution < -0.4 is 5.48 Å². The SMILES string of the molecule is CCONCc1ccc(-c2nc3ccccc3s2)o1. The van der Waals surface area contributed by atoms with Gasteiger partial charge in [0, 0.05) is 0 Å². The lowest BCUT2D eigenvalue weighted by Crippen LogP contribution is -2.12. The van der Waals surface area contributed by atoms with Crippen molar-refractivity contribution in [1.29, 1.82) is 0 Å². The summed E-state index contributed by atoms with van der Waals surface area (Å²) in [6.45, 7) is 3.12. The molecule has 0 unspecified atom stereocenters. The third kappa shape index (κ3) is 2.68. The fourth-order valence-electron chi connectivity index (χ4n) is 1.79. The highest BCUT2D eigenvalue weighted by Crippen LogP contribution is 2.30. The first kappa shape index (κ1) is 12.3. The molecule has 19 heavy (non-hydrogen) atoms. The molecule has 0 fully saturated rings. The van der Waals surface area contributed by atoms with E-state index in [9.17, 15) is 0 Å². The Morgan fingerprint density at radius 1 is 1.26 bits per heavy atom. The molecule has 0 amide bonds. The van der Waals surface area contributed by atoms with Gasteiger partial charge in [-0.3, -0.25) is 0 Å². The molecule has 1 aromatic carbocycles. The van der Waals surface area contributed by atoms with Gasteiger partial charge >= 0.3 is 0 Å². The second-order valence-corrected chi connectivity index (χ2v) is 5.04. The minimum Gasteiger partial charge on any atom is -0.457 e. The van der Waals surface area contributed by atoms with Crippen LogP contribution in [0.2, 0.25) is 0 Å². The van der Waals surface area contributed by atoms with Gasteiger partial charge < -0.3 is 9.25 Å². The standard InChI is InChI=1S/C14H14N2O2S/c1-2-17-15-9-10-7-8-12(18-10)14-16-11-5-3-4-6-13(11)19-14/h3-8,15H,2,9H2,1H3. The Bertz CT molecular complexity index is 642. The first-order valence-corrected chi connectivity index (χ1v) is 6.98. The van der Waals surface area contributed by atoms with Crippen LogP contribution >= 0.6 is 11.3 Å². The van der Waals surface area contributed by atoms with Crippen molar-refractivity contribution in [2.75, 3.05) is 6.61 Å². The number of aromatic nitrogens is 1. The Kier molecular flexibility index (Phi) is 3.59. The van der Waals surface area contributed by atoms with Crippen LogP contribution in [0.15, 0.2) is 40.8 Å². The Morgan fingerprint density at radius 3 is 3.00 bits per heavy atom. The molecule has 0 aliphatic rings. The van der Waals surface area contributed by atoms with Gasteiger partial charge in [-0.15, -0.1) is 11.3 Å². The molecule has 1 N–H and O–H groups in total. The van der Waals surface area contributed by atoms with Crippen LogP contribution in [0.1, 0.15) is 12.7 Å². The van der Waals surface area contributed by atoms with Crippen molar-refractivity contribution < 1.29 is 9.25 Å². The van der Waals surface area contributed by atoms with Crippen molar-refractivity contribution in [3.63, 3.8) is 0 Å². The maximum absolute atomic E-state index is 5.75. The zero-order valence-corrected chi connectivity index (χ0v) is 11.4. The number of rotatable bonds is 5. The van der Waals surface area contributed by atoms with E-state index in [1.54, 1.807) is 11.3 Å². The topological polar surface area (TPSA) is 47.3 Å². The fourth-order valence-corrected chi connectivity index (χ4v) is 2.72. The quantitative estimate of drug-likeness (QED) is 0.570. The van der Waals surface area contributed by atoms with Crippen molar-refractivity contribution in [3.8, 4) is 10.8 Å². The molecule has 2 heterocycles. The van der Waals surface area contributed by atoms with Crippen LogP contribution in [0, 0.1) is 0 Å². The summed E-state index contributed by atoms with van der Waals surface area (Å²) in [5.74, 6) is 1.64. The summed E-state index contributed by atoms with van der Waals surface area (Å²) in [7, 11) is 0. The average molecular weight is 274 g/mol. The molecule has 3 aromatic rings. The van der Waals surface area contributed by atoms with Gasteiger partial charge in [-0.1, -0.05) is 12.1 Å². The molecule has 0 aliphatic carbocycles. The van der Waals surface area contributed by atoms with E-state index in [0.29, 0.717) is 13.2 Å². The molecule has 0 aliphatic heterocycles. The summed E-state index contributed by atoms with van der Waals surface area (Å²) < 4.78 is 6.92. The number of nitrogens with one attached hydrogen (secondary N) is 1. The van der Waals surface area contributed by atoms with E-state index >= 15 is 0 Å². The number of furan rings is 1. The third-order valence-corrected chi connectivity index (χ3v) is 3.71. The van der Waals surface area contributed by atoms with Gasteiger partial charge in [0.05, 0.1) is 23.4 Å². The highest BCUT2D eigenvalue weighted by atomic mass is 32.1. The molecule has 4 nitrogen and oxygen atoms in total. The second kappa shape index (κ2) is 5.52. The van der Waals surface area contributed by atoms with Crippen molar-refractivity contribution in [1.82, 2.24) is 10.5 Å². The van der Waals surface area contributed by atoms with Gasteiger partial charge in [-0.05, 0) is 31.2 Å². The predicted molar refractivity (Wildman–Crippen MR) is 75.8 cm³/mol. The Hall–Kier alpha value is -1.69. The lowest BCUT2D eigenvalue weighted by atomic mass is 10.3. The maximum Gasteiger partial charge on any atom is 0.163 e. The lowest BCUT2D eigenvalue weighted by Gasteiger charge is -1.99. The Labute approximate surface area is 115 Å². The monoisotopic (exact) mass is 274 g/mol. The largest absolute Gasteiger partial charge is 0.457 e. The molecule has 0 radical (unpaired) electrons. The minimum absolute atomic E-state index is 0.554. The molecular formula is C14H14N2O2S. The maximum atomic E-state index is 5.75. The molecule has 5 heteroatoms. The number of para-hydroxylation sites is 1. The molecule has 0 atom stereocenters. The van der Waals surface area contributed by atoms with Gasteiger partial charge in [-0.25, -0.2) is 4.98 Å². The first-order chi connectivity index (χ1) is 9.36. The predicted octanol–water partition coefficient (Wildman–Crippen LogP) is 3.60. The summed E-state index contributed by atoms with van der Waals surface area (Å²) in [5, 5.41) is 0.906. The van der Waals surface area contributed by atoms with E-state index < -0.39 is 0 Å². The molecule has 0 spiro atoms. The molecule has 0 saturated carbocycles. The van der Waals surface area contributed by atoms with Crippen LogP contribution in [0.3, 0.4) is 0 Å². The van der Waals surface area contributed by atoms with Crippen LogP contribution in [0.25, 0.3) is 21.0 Å². The number of hydrogen-bond acceptors (Lipinski definition) is 5. The van der Waals surface area contributed by atoms with Crippen LogP contribution in [-0.2, 0) is 11.4 Å². The van der Waals surface area contributed by atoms with E-state index in [2.05, 4.69) is 16.5 Å². The molecule has 0 bridgehead atoms. The smallest absolute Gasteiger partial charge is 0.163 e. The fraction of sp³-hybridized carbons (Fsp3) is 0.214. The van der Waals surface area contributed by atoms with Crippen molar-refractivity contribution in [2.24, 2.45) is 0 Å². The van der Waals surface area contributed by atoms with E-state index in [0.717, 1.165) is 22.0 Å². The number of hydroxylamine groups is 1. The first-order valence-electron chi connectivity index (χ1n) is 6.16. The zero-order chi connectivity index (χ0) is 13.1. The number of nitrogens with zero attached hydrogens (tertiary/aromatic N) is 1.